The Morgan fingerprint density at radius 1 is 1.09 bits per heavy atom. The number of halogens is 1. The number of carboxylic acid groups (broad SMARTS) is 1. The summed E-state index contributed by atoms with van der Waals surface area (Å²) < 4.78 is 15.0. The number of hydrogen-bond acceptors (Lipinski definition) is 6. The summed E-state index contributed by atoms with van der Waals surface area (Å²) in [7, 11) is 1.66. The van der Waals surface area contributed by atoms with E-state index < -0.39 is 24.3 Å². The van der Waals surface area contributed by atoms with Crippen molar-refractivity contribution in [3.8, 4) is 0 Å². The minimum absolute atomic E-state index is 0.343. The number of allylic oxidation sites excluding steroid dienone is 2. The topological polar surface area (TPSA) is 118 Å². The Hall–Kier alpha value is -3.98. The Balaban J connectivity index is 2.12. The molecule has 3 rings (SSSR count). The molecule has 8 nitrogen and oxygen atoms in total. The standard InChI is InChI=1S/C23H21FN4O4/c1-28-23(25-26-27-28)20(12-11-18(29)13-19(30)14-21(31)32)22(15-5-3-2-4-6-15)16-7-9-17(24)10-8-16/h2-12,18,29H,13-14H2,1H3,(H,31,32)/b12-11+,22-20?. The molecule has 0 aliphatic heterocycles. The van der Waals surface area contributed by atoms with E-state index in [1.165, 1.54) is 22.9 Å². The van der Waals surface area contributed by atoms with Crippen molar-refractivity contribution < 1.29 is 24.2 Å². The number of Topliss-reactive ketones (excluding diaryl/α,β-unsaturated/α-hetero) is 1. The number of carbonyl (C=O) groups is 2. The predicted molar refractivity (Wildman–Crippen MR) is 115 cm³/mol. The van der Waals surface area contributed by atoms with E-state index >= 15 is 0 Å². The quantitative estimate of drug-likeness (QED) is 0.391. The van der Waals surface area contributed by atoms with Crippen molar-refractivity contribution in [3.63, 3.8) is 0 Å². The van der Waals surface area contributed by atoms with Crippen molar-refractivity contribution in [2.45, 2.75) is 18.9 Å². The van der Waals surface area contributed by atoms with Gasteiger partial charge in [-0.1, -0.05) is 54.6 Å². The number of hydrogen-bond donors (Lipinski definition) is 2. The summed E-state index contributed by atoms with van der Waals surface area (Å²) in [5.41, 5.74) is 2.71. The Kier molecular flexibility index (Phi) is 7.35. The lowest BCUT2D eigenvalue weighted by atomic mass is 9.92. The average molecular weight is 436 g/mol. The molecule has 9 heteroatoms. The molecule has 0 fully saturated rings. The Labute approximate surface area is 183 Å². The fourth-order valence-electron chi connectivity index (χ4n) is 3.18. The van der Waals surface area contributed by atoms with Crippen molar-refractivity contribution in [2.24, 2.45) is 7.05 Å². The van der Waals surface area contributed by atoms with Gasteiger partial charge < -0.3 is 10.2 Å². The van der Waals surface area contributed by atoms with Crippen LogP contribution in [0.1, 0.15) is 29.8 Å². The van der Waals surface area contributed by atoms with Crippen LogP contribution >= 0.6 is 0 Å². The molecule has 0 amide bonds. The summed E-state index contributed by atoms with van der Waals surface area (Å²) in [4.78, 5) is 22.4. The summed E-state index contributed by atoms with van der Waals surface area (Å²) >= 11 is 0. The van der Waals surface area contributed by atoms with Gasteiger partial charge >= 0.3 is 5.97 Å². The molecule has 0 radical (unpaired) electrons. The number of aryl methyl sites for hydroxylation is 1. The molecule has 2 aromatic carbocycles. The maximum Gasteiger partial charge on any atom is 0.310 e. The zero-order valence-electron chi connectivity index (χ0n) is 17.2. The molecular weight excluding hydrogens is 415 g/mol. The molecule has 1 unspecified atom stereocenters. The monoisotopic (exact) mass is 436 g/mol. The lowest BCUT2D eigenvalue weighted by Crippen LogP contribution is -2.14. The minimum Gasteiger partial charge on any atom is -0.481 e. The van der Waals surface area contributed by atoms with Crippen LogP contribution in [0.5, 0.6) is 0 Å². The SMILES string of the molecule is Cn1nnnc1C(/C=C/C(O)CC(=O)CC(=O)O)=C(c1ccccc1)c1ccc(F)cc1. The summed E-state index contributed by atoms with van der Waals surface area (Å²) in [5.74, 6) is -1.85. The van der Waals surface area contributed by atoms with Gasteiger partial charge in [-0.05, 0) is 39.3 Å². The summed E-state index contributed by atoms with van der Waals surface area (Å²) in [5, 5.41) is 30.7. The van der Waals surface area contributed by atoms with Crippen molar-refractivity contribution in [1.29, 1.82) is 0 Å². The molecule has 3 aromatic rings. The first-order chi connectivity index (χ1) is 15.3. The second-order valence-electron chi connectivity index (χ2n) is 7.03. The van der Waals surface area contributed by atoms with Crippen molar-refractivity contribution in [1.82, 2.24) is 20.2 Å². The molecule has 0 aliphatic carbocycles. The summed E-state index contributed by atoms with van der Waals surface area (Å²) in [6.45, 7) is 0. The maximum absolute atomic E-state index is 13.6. The fourth-order valence-corrected chi connectivity index (χ4v) is 3.18. The van der Waals surface area contributed by atoms with Crippen LogP contribution in [0.25, 0.3) is 11.1 Å². The number of aliphatic carboxylic acids is 1. The highest BCUT2D eigenvalue weighted by molar-refractivity contribution is 6.01. The zero-order valence-corrected chi connectivity index (χ0v) is 17.2. The molecule has 0 aliphatic rings. The average Bonchev–Trinajstić information content (AvgIpc) is 3.17. The zero-order chi connectivity index (χ0) is 23.1. The van der Waals surface area contributed by atoms with Gasteiger partial charge in [0.15, 0.2) is 5.82 Å². The first-order valence-electron chi connectivity index (χ1n) is 9.73. The number of aliphatic hydroxyl groups excluding tert-OH is 1. The van der Waals surface area contributed by atoms with E-state index in [4.69, 9.17) is 5.11 Å². The second kappa shape index (κ2) is 10.4. The number of benzene rings is 2. The van der Waals surface area contributed by atoms with Gasteiger partial charge in [0.05, 0.1) is 6.10 Å². The second-order valence-corrected chi connectivity index (χ2v) is 7.03. The van der Waals surface area contributed by atoms with Crippen molar-refractivity contribution in [3.05, 3.63) is 89.5 Å². The number of rotatable bonds is 9. The largest absolute Gasteiger partial charge is 0.481 e. The summed E-state index contributed by atoms with van der Waals surface area (Å²) in [6.07, 6.45) is 0.755. The van der Waals surface area contributed by atoms with Crippen molar-refractivity contribution in [2.75, 3.05) is 0 Å². The van der Waals surface area contributed by atoms with Gasteiger partial charge in [-0.25, -0.2) is 9.07 Å². The molecule has 0 bridgehead atoms. The smallest absolute Gasteiger partial charge is 0.310 e. The predicted octanol–water partition coefficient (Wildman–Crippen LogP) is 2.66. The van der Waals surface area contributed by atoms with Gasteiger partial charge in [0.2, 0.25) is 0 Å². The molecule has 164 valence electrons. The van der Waals surface area contributed by atoms with Gasteiger partial charge in [-0.15, -0.1) is 5.10 Å². The van der Waals surface area contributed by atoms with Crippen LogP contribution < -0.4 is 0 Å². The van der Waals surface area contributed by atoms with Crippen LogP contribution in [0.4, 0.5) is 4.39 Å². The van der Waals surface area contributed by atoms with E-state index in [0.717, 1.165) is 5.56 Å². The van der Waals surface area contributed by atoms with Crippen LogP contribution in [0, 0.1) is 5.82 Å². The molecule has 2 N–H and O–H groups in total. The highest BCUT2D eigenvalue weighted by atomic mass is 19.1. The number of ketones is 1. The highest BCUT2D eigenvalue weighted by Crippen LogP contribution is 2.32. The molecule has 32 heavy (non-hydrogen) atoms. The van der Waals surface area contributed by atoms with Crippen LogP contribution in [-0.4, -0.2) is 48.3 Å². The van der Waals surface area contributed by atoms with Crippen LogP contribution in [0.3, 0.4) is 0 Å². The maximum atomic E-state index is 13.6. The van der Waals surface area contributed by atoms with Gasteiger partial charge in [0, 0.05) is 19.0 Å². The third-order valence-corrected chi connectivity index (χ3v) is 4.60. The van der Waals surface area contributed by atoms with Crippen molar-refractivity contribution >= 4 is 22.9 Å². The van der Waals surface area contributed by atoms with Gasteiger partial charge in [0.25, 0.3) is 0 Å². The molecule has 1 atom stereocenters. The molecule has 0 saturated carbocycles. The minimum atomic E-state index is -1.25. The molecule has 0 spiro atoms. The van der Waals surface area contributed by atoms with Crippen LogP contribution in [-0.2, 0) is 16.6 Å². The molecular formula is C23H21FN4O4. The van der Waals surface area contributed by atoms with Crippen LogP contribution in [0.15, 0.2) is 66.7 Å². The van der Waals surface area contributed by atoms with E-state index in [0.29, 0.717) is 22.5 Å². The number of aromatic nitrogens is 4. The van der Waals surface area contributed by atoms with Crippen LogP contribution in [0.2, 0.25) is 0 Å². The lowest BCUT2D eigenvalue weighted by molar-refractivity contribution is -0.140. The summed E-state index contributed by atoms with van der Waals surface area (Å²) in [6, 6.07) is 15.3. The number of aliphatic hydroxyl groups is 1. The first-order valence-corrected chi connectivity index (χ1v) is 9.73. The van der Waals surface area contributed by atoms with E-state index in [-0.39, 0.29) is 12.2 Å². The number of carbonyl (C=O) groups excluding carboxylic acids is 1. The fraction of sp³-hybridized carbons (Fsp3) is 0.174. The number of carboxylic acids is 1. The highest BCUT2D eigenvalue weighted by Gasteiger charge is 2.18. The van der Waals surface area contributed by atoms with Gasteiger partial charge in [0.1, 0.15) is 18.0 Å². The Bertz CT molecular complexity index is 1150. The number of nitrogens with zero attached hydrogens (tertiary/aromatic N) is 4. The Morgan fingerprint density at radius 2 is 1.75 bits per heavy atom. The third-order valence-electron chi connectivity index (χ3n) is 4.60. The molecule has 0 saturated heterocycles. The normalized spacial score (nSPS) is 13.1. The van der Waals surface area contributed by atoms with E-state index in [9.17, 15) is 19.1 Å². The Morgan fingerprint density at radius 3 is 2.34 bits per heavy atom. The molecule has 1 heterocycles. The lowest BCUT2D eigenvalue weighted by Gasteiger charge is -2.14. The third kappa shape index (κ3) is 5.79. The van der Waals surface area contributed by atoms with E-state index in [2.05, 4.69) is 15.5 Å². The first kappa shape index (κ1) is 22.7. The number of tetrazole rings is 1. The van der Waals surface area contributed by atoms with Gasteiger partial charge in [-0.3, -0.25) is 9.59 Å². The van der Waals surface area contributed by atoms with E-state index in [1.807, 2.05) is 30.3 Å². The molecule has 1 aromatic heterocycles. The van der Waals surface area contributed by atoms with E-state index in [1.54, 1.807) is 25.3 Å². The van der Waals surface area contributed by atoms with Gasteiger partial charge in [-0.2, -0.15) is 0 Å².